The summed E-state index contributed by atoms with van der Waals surface area (Å²) in [6.45, 7) is 3.92. The smallest absolute Gasteiger partial charge is 0.321 e. The molecule has 1 heterocycles. The maximum atomic E-state index is 10.8. The summed E-state index contributed by atoms with van der Waals surface area (Å²) in [4.78, 5) is 10.8. The van der Waals surface area contributed by atoms with E-state index in [2.05, 4.69) is 5.32 Å². The summed E-state index contributed by atoms with van der Waals surface area (Å²) in [6.07, 6.45) is 0. The van der Waals surface area contributed by atoms with Crippen LogP contribution in [0.2, 0.25) is 0 Å². The summed E-state index contributed by atoms with van der Waals surface area (Å²) in [5.41, 5.74) is 2.89. The quantitative estimate of drug-likeness (QED) is 0.749. The Balaban J connectivity index is 2.24. The highest BCUT2D eigenvalue weighted by Gasteiger charge is 2.31. The molecular weight excluding hydrogens is 238 g/mol. The van der Waals surface area contributed by atoms with E-state index in [-0.39, 0.29) is 11.1 Å². The Hall–Kier alpha value is -1.20. The highest BCUT2D eigenvalue weighted by atomic mass is 32.2. The Morgan fingerprint density at radius 2 is 2.06 bits per heavy atom. The third kappa shape index (κ3) is 2.40. The van der Waals surface area contributed by atoms with Crippen LogP contribution in [-0.4, -0.2) is 28.0 Å². The molecule has 1 aliphatic heterocycles. The van der Waals surface area contributed by atoms with E-state index < -0.39 is 12.0 Å². The number of hydrogen-bond donors (Lipinski definition) is 3. The molecule has 0 aromatic heterocycles. The van der Waals surface area contributed by atoms with Gasteiger partial charge in [-0.3, -0.25) is 10.1 Å². The Labute approximate surface area is 104 Å². The zero-order valence-corrected chi connectivity index (χ0v) is 10.5. The largest absolute Gasteiger partial charge is 0.508 e. The molecule has 0 spiro atoms. The van der Waals surface area contributed by atoms with Gasteiger partial charge in [0.05, 0.1) is 5.37 Å². The molecule has 1 aliphatic rings. The fourth-order valence-electron chi connectivity index (χ4n) is 1.83. The van der Waals surface area contributed by atoms with Crippen LogP contribution in [0.25, 0.3) is 0 Å². The van der Waals surface area contributed by atoms with Gasteiger partial charge in [0.1, 0.15) is 11.8 Å². The number of rotatable bonds is 2. The molecule has 92 valence electrons. The molecule has 2 unspecified atom stereocenters. The van der Waals surface area contributed by atoms with Crippen molar-refractivity contribution in [1.82, 2.24) is 5.32 Å². The lowest BCUT2D eigenvalue weighted by atomic mass is 10.0. The van der Waals surface area contributed by atoms with E-state index in [4.69, 9.17) is 5.11 Å². The molecule has 17 heavy (non-hydrogen) atoms. The van der Waals surface area contributed by atoms with Crippen molar-refractivity contribution >= 4 is 17.7 Å². The molecule has 0 radical (unpaired) electrons. The van der Waals surface area contributed by atoms with Gasteiger partial charge in [0.15, 0.2) is 0 Å². The van der Waals surface area contributed by atoms with E-state index >= 15 is 0 Å². The molecule has 5 heteroatoms. The fourth-order valence-corrected chi connectivity index (χ4v) is 3.08. The average Bonchev–Trinajstić information content (AvgIpc) is 2.72. The number of thioether (sulfide) groups is 1. The monoisotopic (exact) mass is 253 g/mol. The second-order valence-corrected chi connectivity index (χ2v) is 5.40. The van der Waals surface area contributed by atoms with E-state index in [0.717, 1.165) is 16.7 Å². The van der Waals surface area contributed by atoms with Gasteiger partial charge in [0, 0.05) is 11.3 Å². The van der Waals surface area contributed by atoms with Crippen molar-refractivity contribution in [1.29, 1.82) is 0 Å². The first-order valence-corrected chi connectivity index (χ1v) is 6.44. The molecule has 0 saturated carbocycles. The second kappa shape index (κ2) is 4.58. The van der Waals surface area contributed by atoms with Crippen LogP contribution in [0.4, 0.5) is 0 Å². The SMILES string of the molecule is Cc1cc(O)c(C2NC(C(=O)O)CS2)cc1C. The first kappa shape index (κ1) is 12.3. The lowest BCUT2D eigenvalue weighted by Gasteiger charge is -2.15. The number of phenolic OH excluding ortho intramolecular Hbond substituents is 1. The molecule has 1 aromatic rings. The molecule has 1 saturated heterocycles. The second-order valence-electron chi connectivity index (χ2n) is 4.27. The Bertz CT molecular complexity index is 461. The fraction of sp³-hybridized carbons (Fsp3) is 0.417. The summed E-state index contributed by atoms with van der Waals surface area (Å²) in [6, 6.07) is 3.10. The summed E-state index contributed by atoms with van der Waals surface area (Å²) >= 11 is 1.51. The summed E-state index contributed by atoms with van der Waals surface area (Å²) < 4.78 is 0. The van der Waals surface area contributed by atoms with E-state index in [1.54, 1.807) is 6.07 Å². The third-order valence-electron chi connectivity index (χ3n) is 3.01. The van der Waals surface area contributed by atoms with Gasteiger partial charge in [-0.15, -0.1) is 11.8 Å². The molecule has 2 rings (SSSR count). The standard InChI is InChI=1S/C12H15NO3S/c1-6-3-8(10(14)4-7(6)2)11-13-9(5-17-11)12(15)16/h3-4,9,11,13-14H,5H2,1-2H3,(H,15,16). The highest BCUT2D eigenvalue weighted by molar-refractivity contribution is 7.99. The first-order valence-electron chi connectivity index (χ1n) is 5.39. The van der Waals surface area contributed by atoms with Crippen molar-refractivity contribution in [3.8, 4) is 5.75 Å². The summed E-state index contributed by atoms with van der Waals surface area (Å²) in [5.74, 6) is -0.0979. The number of aliphatic carboxylic acids is 1. The predicted octanol–water partition coefficient (Wildman–Crippen LogP) is 1.80. The molecule has 4 nitrogen and oxygen atoms in total. The summed E-state index contributed by atoms with van der Waals surface area (Å²) in [7, 11) is 0. The van der Waals surface area contributed by atoms with E-state index in [1.807, 2.05) is 19.9 Å². The van der Waals surface area contributed by atoms with Gasteiger partial charge >= 0.3 is 5.97 Å². The number of phenols is 1. The van der Waals surface area contributed by atoms with E-state index in [9.17, 15) is 9.90 Å². The molecule has 0 bridgehead atoms. The topological polar surface area (TPSA) is 69.6 Å². The van der Waals surface area contributed by atoms with Crippen LogP contribution in [0.5, 0.6) is 5.75 Å². The minimum absolute atomic E-state index is 0.143. The van der Waals surface area contributed by atoms with E-state index in [0.29, 0.717) is 5.75 Å². The van der Waals surface area contributed by atoms with Crippen molar-refractivity contribution in [2.24, 2.45) is 0 Å². The maximum absolute atomic E-state index is 10.8. The van der Waals surface area contributed by atoms with Crippen molar-refractivity contribution in [3.05, 3.63) is 28.8 Å². The van der Waals surface area contributed by atoms with Crippen LogP contribution < -0.4 is 5.32 Å². The normalized spacial score (nSPS) is 23.9. The van der Waals surface area contributed by atoms with Gasteiger partial charge in [-0.05, 0) is 37.1 Å². The zero-order valence-electron chi connectivity index (χ0n) is 9.73. The number of aryl methyl sites for hydroxylation is 2. The zero-order chi connectivity index (χ0) is 12.6. The lowest BCUT2D eigenvalue weighted by Crippen LogP contribution is -2.33. The molecule has 0 amide bonds. The van der Waals surface area contributed by atoms with Gasteiger partial charge in [0.25, 0.3) is 0 Å². The predicted molar refractivity (Wildman–Crippen MR) is 67.3 cm³/mol. The molecule has 1 fully saturated rings. The maximum Gasteiger partial charge on any atom is 0.321 e. The number of benzene rings is 1. The number of carbonyl (C=O) groups is 1. The number of carboxylic acids is 1. The van der Waals surface area contributed by atoms with Crippen molar-refractivity contribution < 1.29 is 15.0 Å². The summed E-state index contributed by atoms with van der Waals surface area (Å²) in [5, 5.41) is 21.7. The Morgan fingerprint density at radius 3 is 2.65 bits per heavy atom. The molecule has 3 N–H and O–H groups in total. The van der Waals surface area contributed by atoms with Crippen LogP contribution in [-0.2, 0) is 4.79 Å². The molecular formula is C12H15NO3S. The number of carboxylic acid groups (broad SMARTS) is 1. The highest BCUT2D eigenvalue weighted by Crippen LogP contribution is 2.38. The minimum Gasteiger partial charge on any atom is -0.508 e. The van der Waals surface area contributed by atoms with Crippen LogP contribution in [0.3, 0.4) is 0 Å². The van der Waals surface area contributed by atoms with Gasteiger partial charge in [0.2, 0.25) is 0 Å². The number of aromatic hydroxyl groups is 1. The molecule has 2 atom stereocenters. The third-order valence-corrected chi connectivity index (χ3v) is 4.25. The van der Waals surface area contributed by atoms with Crippen molar-refractivity contribution in [3.63, 3.8) is 0 Å². The first-order chi connectivity index (χ1) is 7.99. The van der Waals surface area contributed by atoms with Crippen molar-refractivity contribution in [2.75, 3.05) is 5.75 Å². The average molecular weight is 253 g/mol. The van der Waals surface area contributed by atoms with Crippen LogP contribution in [0.15, 0.2) is 12.1 Å². The van der Waals surface area contributed by atoms with Gasteiger partial charge in [-0.2, -0.15) is 0 Å². The Kier molecular flexibility index (Phi) is 3.31. The van der Waals surface area contributed by atoms with Crippen LogP contribution in [0, 0.1) is 13.8 Å². The van der Waals surface area contributed by atoms with Crippen molar-refractivity contribution in [2.45, 2.75) is 25.3 Å². The molecule has 1 aromatic carbocycles. The van der Waals surface area contributed by atoms with Crippen LogP contribution in [0.1, 0.15) is 22.1 Å². The van der Waals surface area contributed by atoms with Gasteiger partial charge < -0.3 is 10.2 Å². The lowest BCUT2D eigenvalue weighted by molar-refractivity contribution is -0.138. The number of nitrogens with one attached hydrogen (secondary N) is 1. The van der Waals surface area contributed by atoms with Gasteiger partial charge in [-0.25, -0.2) is 0 Å². The number of hydrogen-bond acceptors (Lipinski definition) is 4. The minimum atomic E-state index is -0.844. The van der Waals surface area contributed by atoms with E-state index in [1.165, 1.54) is 11.8 Å². The Morgan fingerprint density at radius 1 is 1.41 bits per heavy atom. The molecule has 0 aliphatic carbocycles. The van der Waals surface area contributed by atoms with Gasteiger partial charge in [-0.1, -0.05) is 0 Å². The van der Waals surface area contributed by atoms with Crippen LogP contribution >= 0.6 is 11.8 Å².